The van der Waals surface area contributed by atoms with Gasteiger partial charge in [-0.05, 0) is 26.0 Å². The van der Waals surface area contributed by atoms with Crippen molar-refractivity contribution in [1.29, 1.82) is 0 Å². The Balaban J connectivity index is 2.70. The van der Waals surface area contributed by atoms with Crippen molar-refractivity contribution in [2.75, 3.05) is 13.1 Å². The maximum Gasteiger partial charge on any atom is 0.242 e. The van der Waals surface area contributed by atoms with Crippen molar-refractivity contribution < 1.29 is 13.2 Å². The number of benzene rings is 1. The molecule has 0 aromatic heterocycles. The molecular formula is C13H19ClN2O3S. The SMILES string of the molecule is CC(=O)N(CCNS(=O)(=O)c1ccccc1Cl)C(C)C. The lowest BCUT2D eigenvalue weighted by molar-refractivity contribution is -0.130. The third-order valence-corrected chi connectivity index (χ3v) is 4.76. The molecule has 0 saturated carbocycles. The van der Waals surface area contributed by atoms with E-state index in [1.807, 2.05) is 13.8 Å². The molecule has 0 aliphatic carbocycles. The Bertz CT molecular complexity index is 573. The highest BCUT2D eigenvalue weighted by Gasteiger charge is 2.18. The van der Waals surface area contributed by atoms with Crippen molar-refractivity contribution in [3.8, 4) is 0 Å². The van der Waals surface area contributed by atoms with Gasteiger partial charge in [0, 0.05) is 26.1 Å². The maximum absolute atomic E-state index is 12.1. The van der Waals surface area contributed by atoms with E-state index in [1.165, 1.54) is 19.1 Å². The molecule has 0 bridgehead atoms. The highest BCUT2D eigenvalue weighted by Crippen LogP contribution is 2.19. The van der Waals surface area contributed by atoms with E-state index < -0.39 is 10.0 Å². The van der Waals surface area contributed by atoms with E-state index in [9.17, 15) is 13.2 Å². The van der Waals surface area contributed by atoms with Gasteiger partial charge in [0.05, 0.1) is 5.02 Å². The van der Waals surface area contributed by atoms with Crippen LogP contribution in [0.2, 0.25) is 5.02 Å². The molecule has 0 aliphatic rings. The number of hydrogen-bond donors (Lipinski definition) is 1. The first kappa shape index (κ1) is 16.9. The number of hydrogen-bond acceptors (Lipinski definition) is 3. The second-order valence-electron chi connectivity index (χ2n) is 4.63. The first-order valence-corrected chi connectivity index (χ1v) is 8.13. The predicted molar refractivity (Wildman–Crippen MR) is 79.2 cm³/mol. The zero-order valence-electron chi connectivity index (χ0n) is 11.8. The summed E-state index contributed by atoms with van der Waals surface area (Å²) >= 11 is 5.87. The average molecular weight is 319 g/mol. The minimum absolute atomic E-state index is 0.0253. The second kappa shape index (κ2) is 7.06. The van der Waals surface area contributed by atoms with Crippen LogP contribution in [-0.4, -0.2) is 38.4 Å². The Labute approximate surface area is 125 Å². The van der Waals surface area contributed by atoms with Gasteiger partial charge in [0.15, 0.2) is 0 Å². The largest absolute Gasteiger partial charge is 0.339 e. The fourth-order valence-electron chi connectivity index (χ4n) is 1.82. The lowest BCUT2D eigenvalue weighted by Gasteiger charge is -2.25. The molecule has 0 aliphatic heterocycles. The van der Waals surface area contributed by atoms with Crippen LogP contribution in [0.25, 0.3) is 0 Å². The third-order valence-electron chi connectivity index (χ3n) is 2.80. The Kier molecular flexibility index (Phi) is 5.98. The van der Waals surface area contributed by atoms with Crippen molar-refractivity contribution in [2.45, 2.75) is 31.7 Å². The van der Waals surface area contributed by atoms with E-state index in [2.05, 4.69) is 4.72 Å². The monoisotopic (exact) mass is 318 g/mol. The number of sulfonamides is 1. The normalized spacial score (nSPS) is 11.7. The van der Waals surface area contributed by atoms with Crippen LogP contribution < -0.4 is 4.72 Å². The molecule has 0 spiro atoms. The van der Waals surface area contributed by atoms with E-state index in [0.29, 0.717) is 6.54 Å². The molecule has 20 heavy (non-hydrogen) atoms. The summed E-state index contributed by atoms with van der Waals surface area (Å²) in [5.74, 6) is -0.0862. The third kappa shape index (κ3) is 4.47. The van der Waals surface area contributed by atoms with Crippen LogP contribution in [0.3, 0.4) is 0 Å². The fraction of sp³-hybridized carbons (Fsp3) is 0.462. The highest BCUT2D eigenvalue weighted by atomic mass is 35.5. The van der Waals surface area contributed by atoms with Gasteiger partial charge < -0.3 is 4.90 Å². The van der Waals surface area contributed by atoms with Gasteiger partial charge in [-0.1, -0.05) is 23.7 Å². The minimum atomic E-state index is -3.66. The summed E-state index contributed by atoms with van der Waals surface area (Å²) in [4.78, 5) is 13.0. The Morgan fingerprint density at radius 1 is 1.35 bits per heavy atom. The number of nitrogens with zero attached hydrogens (tertiary/aromatic N) is 1. The molecule has 0 atom stereocenters. The van der Waals surface area contributed by atoms with E-state index in [4.69, 9.17) is 11.6 Å². The van der Waals surface area contributed by atoms with Crippen LogP contribution >= 0.6 is 11.6 Å². The molecule has 1 amide bonds. The number of rotatable bonds is 6. The standard InChI is InChI=1S/C13H19ClN2O3S/c1-10(2)16(11(3)17)9-8-15-20(18,19)13-7-5-4-6-12(13)14/h4-7,10,15H,8-9H2,1-3H3. The van der Waals surface area contributed by atoms with Crippen LogP contribution in [0.15, 0.2) is 29.2 Å². The van der Waals surface area contributed by atoms with Gasteiger partial charge in [0.25, 0.3) is 0 Å². The number of nitrogens with one attached hydrogen (secondary N) is 1. The van der Waals surface area contributed by atoms with Crippen molar-refractivity contribution in [2.24, 2.45) is 0 Å². The van der Waals surface area contributed by atoms with Crippen LogP contribution in [0.4, 0.5) is 0 Å². The fourth-order valence-corrected chi connectivity index (χ4v) is 3.36. The van der Waals surface area contributed by atoms with E-state index >= 15 is 0 Å². The Morgan fingerprint density at radius 2 is 1.95 bits per heavy atom. The number of carbonyl (C=O) groups excluding carboxylic acids is 1. The lowest BCUT2D eigenvalue weighted by atomic mass is 10.3. The number of halogens is 1. The van der Waals surface area contributed by atoms with Crippen LogP contribution in [0.1, 0.15) is 20.8 Å². The van der Waals surface area contributed by atoms with E-state index in [1.54, 1.807) is 17.0 Å². The summed E-state index contributed by atoms with van der Waals surface area (Å²) in [6.07, 6.45) is 0. The molecule has 1 aromatic rings. The molecule has 0 saturated heterocycles. The zero-order valence-corrected chi connectivity index (χ0v) is 13.3. The lowest BCUT2D eigenvalue weighted by Crippen LogP contribution is -2.41. The maximum atomic E-state index is 12.1. The Hall–Kier alpha value is -1.11. The molecule has 0 heterocycles. The minimum Gasteiger partial charge on any atom is -0.339 e. The zero-order chi connectivity index (χ0) is 15.3. The molecule has 1 rings (SSSR count). The summed E-state index contributed by atoms with van der Waals surface area (Å²) in [5.41, 5.74) is 0. The van der Waals surface area contributed by atoms with Gasteiger partial charge in [0.2, 0.25) is 15.9 Å². The van der Waals surface area contributed by atoms with Crippen LogP contribution in [0.5, 0.6) is 0 Å². The van der Waals surface area contributed by atoms with Gasteiger partial charge in [0.1, 0.15) is 4.90 Å². The summed E-state index contributed by atoms with van der Waals surface area (Å²) < 4.78 is 26.6. The van der Waals surface area contributed by atoms with Crippen molar-refractivity contribution in [3.63, 3.8) is 0 Å². The highest BCUT2D eigenvalue weighted by molar-refractivity contribution is 7.89. The van der Waals surface area contributed by atoms with Gasteiger partial charge in [-0.25, -0.2) is 13.1 Å². The van der Waals surface area contributed by atoms with Crippen molar-refractivity contribution in [3.05, 3.63) is 29.3 Å². The predicted octanol–water partition coefficient (Wildman–Crippen LogP) is 1.88. The van der Waals surface area contributed by atoms with E-state index in [0.717, 1.165) is 0 Å². The molecule has 1 aromatic carbocycles. The van der Waals surface area contributed by atoms with Crippen LogP contribution in [-0.2, 0) is 14.8 Å². The summed E-state index contributed by atoms with van der Waals surface area (Å²) in [6, 6.07) is 6.26. The first-order valence-electron chi connectivity index (χ1n) is 6.27. The number of amides is 1. The molecule has 0 radical (unpaired) electrons. The van der Waals surface area contributed by atoms with Crippen molar-refractivity contribution in [1.82, 2.24) is 9.62 Å². The molecule has 7 heteroatoms. The second-order valence-corrected chi connectivity index (χ2v) is 6.78. The first-order chi connectivity index (χ1) is 9.25. The van der Waals surface area contributed by atoms with Crippen LogP contribution in [0, 0.1) is 0 Å². The molecule has 1 N–H and O–H groups in total. The summed E-state index contributed by atoms with van der Waals surface area (Å²) in [7, 11) is -3.66. The van der Waals surface area contributed by atoms with Gasteiger partial charge in [-0.15, -0.1) is 0 Å². The topological polar surface area (TPSA) is 66.5 Å². The van der Waals surface area contributed by atoms with Gasteiger partial charge in [-0.2, -0.15) is 0 Å². The van der Waals surface area contributed by atoms with E-state index in [-0.39, 0.29) is 28.4 Å². The molecule has 5 nitrogen and oxygen atoms in total. The molecular weight excluding hydrogens is 300 g/mol. The number of carbonyl (C=O) groups is 1. The summed E-state index contributed by atoms with van der Waals surface area (Å²) in [6.45, 7) is 5.68. The average Bonchev–Trinajstić information content (AvgIpc) is 2.34. The van der Waals surface area contributed by atoms with Gasteiger partial charge >= 0.3 is 0 Å². The molecule has 0 fully saturated rings. The molecule has 112 valence electrons. The van der Waals surface area contributed by atoms with Crippen molar-refractivity contribution >= 4 is 27.5 Å². The Morgan fingerprint density at radius 3 is 2.45 bits per heavy atom. The molecule has 0 unspecified atom stereocenters. The summed E-state index contributed by atoms with van der Waals surface area (Å²) in [5, 5.41) is 0.173. The van der Waals surface area contributed by atoms with Gasteiger partial charge in [-0.3, -0.25) is 4.79 Å². The quantitative estimate of drug-likeness (QED) is 0.871. The smallest absolute Gasteiger partial charge is 0.242 e.